The molecule has 2 fully saturated rings. The molecule has 8 nitrogen and oxygen atoms in total. The lowest BCUT2D eigenvalue weighted by molar-refractivity contribution is -0.387. The normalized spacial score (nSPS) is 29.4. The minimum Gasteiger partial charge on any atom is -0.299 e. The Morgan fingerprint density at radius 2 is 2.04 bits per heavy atom. The third-order valence-electron chi connectivity index (χ3n) is 4.71. The highest BCUT2D eigenvalue weighted by atomic mass is 32.2. The summed E-state index contributed by atoms with van der Waals surface area (Å²) in [5.41, 5.74) is -0.391. The second kappa shape index (κ2) is 5.82. The number of likely N-dealkylation sites (N-methyl/N-ethyl adjacent to an activating group) is 1. The second-order valence-electron chi connectivity index (χ2n) is 5.96. The third kappa shape index (κ3) is 2.63. The van der Waals surface area contributed by atoms with Gasteiger partial charge >= 0.3 is 0 Å². The fourth-order valence-electron chi connectivity index (χ4n) is 3.61. The zero-order valence-electron chi connectivity index (χ0n) is 13.0. The number of piperidine rings is 1. The number of nitrogens with zero attached hydrogens (tertiary/aromatic N) is 3. The van der Waals surface area contributed by atoms with E-state index in [1.54, 1.807) is 12.1 Å². The Labute approximate surface area is 134 Å². The van der Waals surface area contributed by atoms with E-state index in [1.807, 2.05) is 6.92 Å². The van der Waals surface area contributed by atoms with Crippen molar-refractivity contribution in [3.63, 3.8) is 0 Å². The topological polar surface area (TPSA) is 93.0 Å². The highest BCUT2D eigenvalue weighted by molar-refractivity contribution is 7.89. The van der Waals surface area contributed by atoms with Gasteiger partial charge in [-0.05, 0) is 19.4 Å². The van der Waals surface area contributed by atoms with Crippen LogP contribution in [0.2, 0.25) is 0 Å². The Bertz CT molecular complexity index is 723. The van der Waals surface area contributed by atoms with Crippen molar-refractivity contribution in [1.82, 2.24) is 9.37 Å². The van der Waals surface area contributed by atoms with Gasteiger partial charge in [0.2, 0.25) is 10.0 Å². The summed E-state index contributed by atoms with van der Waals surface area (Å²) in [6.07, 6.45) is 0.680. The highest BCUT2D eigenvalue weighted by Crippen LogP contribution is 2.36. The Morgan fingerprint density at radius 1 is 1.35 bits per heavy atom. The number of hydrogen-bond donors (Lipinski definition) is 0. The highest BCUT2D eigenvalue weighted by Gasteiger charge is 2.47. The van der Waals surface area contributed by atoms with E-state index in [2.05, 4.69) is 0 Å². The number of rotatable bonds is 3. The van der Waals surface area contributed by atoms with Gasteiger partial charge in [-0.15, -0.1) is 0 Å². The minimum atomic E-state index is -3.94. The van der Waals surface area contributed by atoms with Crippen LogP contribution in [0.5, 0.6) is 0 Å². The number of hydroxylamine groups is 2. The Kier molecular flexibility index (Phi) is 4.13. The zero-order valence-corrected chi connectivity index (χ0v) is 13.8. The van der Waals surface area contributed by atoms with E-state index in [-0.39, 0.29) is 22.9 Å². The molecule has 2 aliphatic rings. The Hall–Kier alpha value is -1.55. The summed E-state index contributed by atoms with van der Waals surface area (Å²) in [5, 5.41) is 12.9. The standard InChI is InChI=1S/C14H19N3O5S/c1-10-14-11(9-22-15(14)2)7-8-16(10)23(20,21)13-6-4-3-5-12(13)17(18)19/h3-6,10-11,14H,7-9H2,1-2H3. The number of para-hydroxylation sites is 1. The van der Waals surface area contributed by atoms with Crippen molar-refractivity contribution in [2.45, 2.75) is 30.3 Å². The molecule has 23 heavy (non-hydrogen) atoms. The van der Waals surface area contributed by atoms with E-state index in [1.165, 1.54) is 28.6 Å². The maximum absolute atomic E-state index is 13.0. The predicted molar refractivity (Wildman–Crippen MR) is 82.1 cm³/mol. The van der Waals surface area contributed by atoms with Gasteiger partial charge < -0.3 is 0 Å². The second-order valence-corrected chi connectivity index (χ2v) is 7.82. The van der Waals surface area contributed by atoms with Gasteiger partial charge in [-0.1, -0.05) is 12.1 Å². The smallest absolute Gasteiger partial charge is 0.289 e. The van der Waals surface area contributed by atoms with Crippen LogP contribution in [0.3, 0.4) is 0 Å². The fourth-order valence-corrected chi connectivity index (χ4v) is 5.42. The van der Waals surface area contributed by atoms with Gasteiger partial charge in [0.25, 0.3) is 5.69 Å². The van der Waals surface area contributed by atoms with Gasteiger partial charge in [-0.3, -0.25) is 15.0 Å². The van der Waals surface area contributed by atoms with E-state index in [0.29, 0.717) is 19.6 Å². The predicted octanol–water partition coefficient (Wildman–Crippen LogP) is 1.24. The lowest BCUT2D eigenvalue weighted by Crippen LogP contribution is -2.55. The molecule has 3 rings (SSSR count). The lowest BCUT2D eigenvalue weighted by atomic mass is 9.89. The number of sulfonamides is 1. The van der Waals surface area contributed by atoms with Gasteiger partial charge in [-0.25, -0.2) is 8.42 Å². The minimum absolute atomic E-state index is 0.0405. The first kappa shape index (κ1) is 16.3. The molecule has 0 spiro atoms. The van der Waals surface area contributed by atoms with Crippen molar-refractivity contribution in [3.05, 3.63) is 34.4 Å². The summed E-state index contributed by atoms with van der Waals surface area (Å²) in [6, 6.07) is 5.12. The molecule has 126 valence electrons. The van der Waals surface area contributed by atoms with Crippen LogP contribution in [0.1, 0.15) is 13.3 Å². The summed E-state index contributed by atoms with van der Waals surface area (Å²) in [7, 11) is -2.15. The first-order valence-electron chi connectivity index (χ1n) is 7.45. The van der Waals surface area contributed by atoms with E-state index >= 15 is 0 Å². The number of benzene rings is 1. The van der Waals surface area contributed by atoms with Crippen molar-refractivity contribution in [2.24, 2.45) is 5.92 Å². The first-order chi connectivity index (χ1) is 10.8. The molecular formula is C14H19N3O5S. The molecule has 1 aromatic rings. The molecule has 0 amide bonds. The zero-order chi connectivity index (χ0) is 16.8. The number of nitro groups is 1. The maximum Gasteiger partial charge on any atom is 0.289 e. The lowest BCUT2D eigenvalue weighted by Gasteiger charge is -2.40. The number of fused-ring (bicyclic) bond motifs is 1. The summed E-state index contributed by atoms with van der Waals surface area (Å²) in [6.45, 7) is 2.76. The van der Waals surface area contributed by atoms with Crippen molar-refractivity contribution < 1.29 is 18.2 Å². The van der Waals surface area contributed by atoms with Gasteiger partial charge in [-0.2, -0.15) is 9.37 Å². The van der Waals surface area contributed by atoms with Gasteiger partial charge in [0, 0.05) is 31.6 Å². The average molecular weight is 341 g/mol. The summed E-state index contributed by atoms with van der Waals surface area (Å²) >= 11 is 0. The van der Waals surface area contributed by atoms with Crippen LogP contribution in [0, 0.1) is 16.0 Å². The summed E-state index contributed by atoms with van der Waals surface area (Å²) < 4.78 is 27.3. The molecule has 0 aromatic heterocycles. The molecule has 2 saturated heterocycles. The molecule has 0 N–H and O–H groups in total. The van der Waals surface area contributed by atoms with Crippen molar-refractivity contribution in [3.8, 4) is 0 Å². The fraction of sp³-hybridized carbons (Fsp3) is 0.571. The van der Waals surface area contributed by atoms with Crippen molar-refractivity contribution in [1.29, 1.82) is 0 Å². The molecule has 9 heteroatoms. The quantitative estimate of drug-likeness (QED) is 0.606. The SMILES string of the molecule is CC1C2C(CCN1S(=O)(=O)c1ccccc1[N+](=O)[O-])CON2C. The van der Waals surface area contributed by atoms with Crippen LogP contribution in [-0.2, 0) is 14.9 Å². The van der Waals surface area contributed by atoms with Crippen LogP contribution < -0.4 is 0 Å². The first-order valence-corrected chi connectivity index (χ1v) is 8.89. The van der Waals surface area contributed by atoms with E-state index < -0.39 is 20.6 Å². The molecule has 1 aromatic carbocycles. The number of hydrogen-bond acceptors (Lipinski definition) is 6. The van der Waals surface area contributed by atoms with Crippen LogP contribution in [-0.4, -0.2) is 55.0 Å². The molecule has 0 bridgehead atoms. The average Bonchev–Trinajstić information content (AvgIpc) is 2.89. The van der Waals surface area contributed by atoms with Crippen LogP contribution in [0.4, 0.5) is 5.69 Å². The van der Waals surface area contributed by atoms with Crippen molar-refractivity contribution in [2.75, 3.05) is 20.2 Å². The molecule has 0 aliphatic carbocycles. The monoisotopic (exact) mass is 341 g/mol. The summed E-state index contributed by atoms with van der Waals surface area (Å²) in [5.74, 6) is 0.284. The molecule has 3 atom stereocenters. The Balaban J connectivity index is 1.99. The molecule has 0 radical (unpaired) electrons. The van der Waals surface area contributed by atoms with Crippen LogP contribution in [0.15, 0.2) is 29.2 Å². The molecule has 3 unspecified atom stereocenters. The number of nitro benzene ring substituents is 1. The molecule has 2 aliphatic heterocycles. The van der Waals surface area contributed by atoms with Gasteiger partial charge in [0.15, 0.2) is 4.90 Å². The molecule has 0 saturated carbocycles. The molecule has 2 heterocycles. The largest absolute Gasteiger partial charge is 0.299 e. The van der Waals surface area contributed by atoms with Gasteiger partial charge in [0.1, 0.15) is 0 Å². The van der Waals surface area contributed by atoms with Crippen LogP contribution >= 0.6 is 0 Å². The maximum atomic E-state index is 13.0. The van der Waals surface area contributed by atoms with E-state index in [9.17, 15) is 18.5 Å². The van der Waals surface area contributed by atoms with E-state index in [4.69, 9.17) is 4.84 Å². The summed E-state index contributed by atoms with van der Waals surface area (Å²) in [4.78, 5) is 15.8. The van der Waals surface area contributed by atoms with Crippen LogP contribution in [0.25, 0.3) is 0 Å². The molecular weight excluding hydrogens is 322 g/mol. The third-order valence-corrected chi connectivity index (χ3v) is 6.75. The van der Waals surface area contributed by atoms with Gasteiger partial charge in [0.05, 0.1) is 17.6 Å². The van der Waals surface area contributed by atoms with Crippen molar-refractivity contribution >= 4 is 15.7 Å². The van der Waals surface area contributed by atoms with E-state index in [0.717, 1.165) is 0 Å². The Morgan fingerprint density at radius 3 is 2.74 bits per heavy atom.